The smallest absolute Gasteiger partial charge is 0.337 e. The molecule has 32 heavy (non-hydrogen) atoms. The SMILES string of the molecule is C#Cc1cccc(N(C)c2cccc3c(-c4cc5nccc(C(=O)O)c5[nH]4)nn(C)c23)c1. The van der Waals surface area contributed by atoms with Crippen LogP contribution >= 0.6 is 0 Å². The zero-order valence-corrected chi connectivity index (χ0v) is 17.5. The third kappa shape index (κ3) is 2.97. The lowest BCUT2D eigenvalue weighted by molar-refractivity contribution is 0.0698. The van der Waals surface area contributed by atoms with Gasteiger partial charge in [0.1, 0.15) is 5.69 Å². The second kappa shape index (κ2) is 7.29. The molecule has 5 rings (SSSR count). The third-order valence-corrected chi connectivity index (χ3v) is 5.61. The number of pyridine rings is 1. The van der Waals surface area contributed by atoms with Gasteiger partial charge >= 0.3 is 5.97 Å². The van der Waals surface area contributed by atoms with Crippen LogP contribution in [-0.2, 0) is 7.05 Å². The number of carboxylic acid groups (broad SMARTS) is 1. The number of fused-ring (bicyclic) bond motifs is 2. The second-order valence-electron chi connectivity index (χ2n) is 7.51. The Kier molecular flexibility index (Phi) is 4.42. The van der Waals surface area contributed by atoms with E-state index in [9.17, 15) is 9.90 Å². The summed E-state index contributed by atoms with van der Waals surface area (Å²) in [5, 5.41) is 15.2. The second-order valence-corrected chi connectivity index (χ2v) is 7.51. The first-order valence-electron chi connectivity index (χ1n) is 9.95. The Bertz CT molecular complexity index is 1550. The molecule has 0 fully saturated rings. The average Bonchev–Trinajstić information content (AvgIpc) is 3.39. The molecule has 156 valence electrons. The van der Waals surface area contributed by atoms with E-state index in [0.717, 1.165) is 33.5 Å². The summed E-state index contributed by atoms with van der Waals surface area (Å²) in [6.07, 6.45) is 7.07. The Morgan fingerprint density at radius 2 is 2.00 bits per heavy atom. The number of benzene rings is 2. The summed E-state index contributed by atoms with van der Waals surface area (Å²) in [5.41, 5.74) is 6.37. The van der Waals surface area contributed by atoms with Crippen molar-refractivity contribution in [1.82, 2.24) is 19.7 Å². The van der Waals surface area contributed by atoms with Crippen LogP contribution in [0.25, 0.3) is 33.3 Å². The van der Waals surface area contributed by atoms with Crippen LogP contribution in [0.3, 0.4) is 0 Å². The quantitative estimate of drug-likeness (QED) is 0.415. The maximum absolute atomic E-state index is 11.6. The number of aromatic amines is 1. The van der Waals surface area contributed by atoms with Crippen molar-refractivity contribution in [2.75, 3.05) is 11.9 Å². The van der Waals surface area contributed by atoms with Crippen molar-refractivity contribution in [3.05, 3.63) is 71.9 Å². The van der Waals surface area contributed by atoms with Gasteiger partial charge in [0.15, 0.2) is 0 Å². The van der Waals surface area contributed by atoms with Crippen LogP contribution in [-0.4, -0.2) is 37.9 Å². The van der Waals surface area contributed by atoms with Gasteiger partial charge in [-0.15, -0.1) is 6.42 Å². The molecule has 2 aromatic carbocycles. The monoisotopic (exact) mass is 421 g/mol. The van der Waals surface area contributed by atoms with E-state index in [2.05, 4.69) is 20.8 Å². The zero-order valence-electron chi connectivity index (χ0n) is 17.5. The van der Waals surface area contributed by atoms with E-state index in [-0.39, 0.29) is 5.56 Å². The lowest BCUT2D eigenvalue weighted by atomic mass is 10.1. The third-order valence-electron chi connectivity index (χ3n) is 5.61. The number of nitrogens with zero attached hydrogens (tertiary/aromatic N) is 4. The van der Waals surface area contributed by atoms with E-state index in [0.29, 0.717) is 16.7 Å². The largest absolute Gasteiger partial charge is 0.478 e. The molecule has 0 unspecified atom stereocenters. The fourth-order valence-electron chi connectivity index (χ4n) is 4.06. The number of anilines is 2. The van der Waals surface area contributed by atoms with E-state index < -0.39 is 5.97 Å². The number of carbonyl (C=O) groups is 1. The highest BCUT2D eigenvalue weighted by molar-refractivity contribution is 6.05. The van der Waals surface area contributed by atoms with E-state index in [1.54, 1.807) is 0 Å². The summed E-state index contributed by atoms with van der Waals surface area (Å²) in [5.74, 6) is 1.67. The first kappa shape index (κ1) is 19.4. The number of rotatable bonds is 4. The predicted octanol–water partition coefficient (Wildman–Crippen LogP) is 4.56. The molecule has 3 aromatic heterocycles. The lowest BCUT2D eigenvalue weighted by Gasteiger charge is -2.21. The number of aromatic carboxylic acids is 1. The van der Waals surface area contributed by atoms with Crippen LogP contribution in [0.1, 0.15) is 15.9 Å². The Balaban J connectivity index is 1.68. The van der Waals surface area contributed by atoms with Gasteiger partial charge in [-0.05, 0) is 36.4 Å². The summed E-state index contributed by atoms with van der Waals surface area (Å²) < 4.78 is 1.83. The van der Waals surface area contributed by atoms with Gasteiger partial charge < -0.3 is 15.0 Å². The van der Waals surface area contributed by atoms with Crippen molar-refractivity contribution in [2.45, 2.75) is 0 Å². The molecule has 0 aliphatic rings. The number of aromatic nitrogens is 4. The Morgan fingerprint density at radius 1 is 1.19 bits per heavy atom. The minimum atomic E-state index is -1.00. The van der Waals surface area contributed by atoms with E-state index in [4.69, 9.17) is 11.5 Å². The Morgan fingerprint density at radius 3 is 2.78 bits per heavy atom. The predicted molar refractivity (Wildman–Crippen MR) is 125 cm³/mol. The highest BCUT2D eigenvalue weighted by Gasteiger charge is 2.19. The minimum absolute atomic E-state index is 0.176. The van der Waals surface area contributed by atoms with Gasteiger partial charge in [-0.3, -0.25) is 9.67 Å². The molecule has 0 aliphatic heterocycles. The summed E-state index contributed by atoms with van der Waals surface area (Å²) in [6.45, 7) is 0. The number of carboxylic acids is 1. The van der Waals surface area contributed by atoms with Crippen LogP contribution in [0, 0.1) is 12.3 Å². The van der Waals surface area contributed by atoms with Gasteiger partial charge in [0.25, 0.3) is 0 Å². The van der Waals surface area contributed by atoms with Crippen molar-refractivity contribution in [3.8, 4) is 23.7 Å². The molecular formula is C25H19N5O2. The molecule has 0 atom stereocenters. The molecule has 7 heteroatoms. The number of hydrogen-bond acceptors (Lipinski definition) is 4. The van der Waals surface area contributed by atoms with Crippen molar-refractivity contribution >= 4 is 39.3 Å². The van der Waals surface area contributed by atoms with E-state index >= 15 is 0 Å². The molecule has 7 nitrogen and oxygen atoms in total. The van der Waals surface area contributed by atoms with Crippen LogP contribution in [0.5, 0.6) is 0 Å². The topological polar surface area (TPSA) is 87.0 Å². The summed E-state index contributed by atoms with van der Waals surface area (Å²) in [6, 6.07) is 17.1. The number of nitrogens with one attached hydrogen (secondary N) is 1. The molecule has 0 aliphatic carbocycles. The van der Waals surface area contributed by atoms with Gasteiger partial charge in [-0.1, -0.05) is 24.1 Å². The normalized spacial score (nSPS) is 11.0. The van der Waals surface area contributed by atoms with Gasteiger partial charge in [0, 0.05) is 36.9 Å². The minimum Gasteiger partial charge on any atom is -0.478 e. The Hall–Kier alpha value is -4.57. The molecular weight excluding hydrogens is 402 g/mol. The molecule has 0 radical (unpaired) electrons. The molecule has 0 saturated heterocycles. The maximum Gasteiger partial charge on any atom is 0.337 e. The van der Waals surface area contributed by atoms with Crippen LogP contribution in [0.4, 0.5) is 11.4 Å². The van der Waals surface area contributed by atoms with Crippen molar-refractivity contribution in [3.63, 3.8) is 0 Å². The fraction of sp³-hybridized carbons (Fsp3) is 0.0800. The molecule has 3 heterocycles. The van der Waals surface area contributed by atoms with Gasteiger partial charge in [0.05, 0.1) is 33.5 Å². The van der Waals surface area contributed by atoms with Gasteiger partial charge in [-0.25, -0.2) is 4.79 Å². The number of terminal acetylenes is 1. The molecule has 2 N–H and O–H groups in total. The van der Waals surface area contributed by atoms with Crippen molar-refractivity contribution in [2.24, 2.45) is 7.05 Å². The lowest BCUT2D eigenvalue weighted by Crippen LogP contribution is -2.11. The number of aryl methyl sites for hydroxylation is 1. The molecule has 0 amide bonds. The summed E-state index contributed by atoms with van der Waals surface area (Å²) >= 11 is 0. The maximum atomic E-state index is 11.6. The first-order chi connectivity index (χ1) is 15.5. The Labute approximate surface area is 183 Å². The molecule has 0 saturated carbocycles. The molecule has 0 spiro atoms. The van der Waals surface area contributed by atoms with Crippen molar-refractivity contribution < 1.29 is 9.90 Å². The standard InChI is InChI=1S/C25H19N5O2/c1-4-15-7-5-8-16(13-15)29(2)21-10-6-9-17-23(28-30(3)24(17)21)20-14-19-22(27-20)18(25(31)32)11-12-26-19/h1,5-14,27H,2-3H3,(H,31,32). The van der Waals surface area contributed by atoms with Crippen LogP contribution in [0.15, 0.2) is 60.8 Å². The fourth-order valence-corrected chi connectivity index (χ4v) is 4.06. The number of hydrogen-bond donors (Lipinski definition) is 2. The van der Waals surface area contributed by atoms with Gasteiger partial charge in [0.2, 0.25) is 0 Å². The summed E-state index contributed by atoms with van der Waals surface area (Å²) in [7, 11) is 3.88. The highest BCUT2D eigenvalue weighted by atomic mass is 16.4. The summed E-state index contributed by atoms with van der Waals surface area (Å²) in [4.78, 5) is 21.2. The van der Waals surface area contributed by atoms with E-state index in [1.165, 1.54) is 12.3 Å². The number of H-pyrrole nitrogens is 1. The zero-order chi connectivity index (χ0) is 22.4. The van der Waals surface area contributed by atoms with Crippen LogP contribution in [0.2, 0.25) is 0 Å². The highest BCUT2D eigenvalue weighted by Crippen LogP contribution is 2.36. The number of para-hydroxylation sites is 1. The van der Waals surface area contributed by atoms with Gasteiger partial charge in [-0.2, -0.15) is 5.10 Å². The van der Waals surface area contributed by atoms with Crippen LogP contribution < -0.4 is 4.90 Å². The molecule has 0 bridgehead atoms. The molecule has 5 aromatic rings. The van der Waals surface area contributed by atoms with Crippen molar-refractivity contribution in [1.29, 1.82) is 0 Å². The average molecular weight is 421 g/mol. The van der Waals surface area contributed by atoms with E-state index in [1.807, 2.05) is 67.3 Å². The first-order valence-corrected chi connectivity index (χ1v) is 9.95.